The highest BCUT2D eigenvalue weighted by Crippen LogP contribution is 2.24. The first-order chi connectivity index (χ1) is 9.85. The molecule has 21 heavy (non-hydrogen) atoms. The van der Waals surface area contributed by atoms with E-state index in [1.54, 1.807) is 0 Å². The second-order valence-corrected chi connectivity index (χ2v) is 6.07. The number of hydrogen-bond donors (Lipinski definition) is 2. The van der Waals surface area contributed by atoms with E-state index >= 15 is 0 Å². The Balaban J connectivity index is 2.54. The minimum atomic E-state index is -3.73. The van der Waals surface area contributed by atoms with Crippen molar-refractivity contribution >= 4 is 27.8 Å². The second-order valence-electron chi connectivity index (χ2n) is 4.39. The predicted molar refractivity (Wildman–Crippen MR) is 73.6 cm³/mol. The number of carboxylic acid groups (broad SMARTS) is 1. The van der Waals surface area contributed by atoms with Gasteiger partial charge in [0.15, 0.2) is 0 Å². The second kappa shape index (κ2) is 5.70. The molecule has 0 atom stereocenters. The van der Waals surface area contributed by atoms with Crippen molar-refractivity contribution < 1.29 is 27.9 Å². The summed E-state index contributed by atoms with van der Waals surface area (Å²) in [6.45, 7) is 0.528. The van der Waals surface area contributed by atoms with Crippen LogP contribution in [-0.4, -0.2) is 45.7 Å². The summed E-state index contributed by atoms with van der Waals surface area (Å²) in [5.41, 5.74) is -0.0932. The van der Waals surface area contributed by atoms with E-state index < -0.39 is 22.1 Å². The average Bonchev–Trinajstić information content (AvgIpc) is 2.45. The Labute approximate surface area is 121 Å². The van der Waals surface area contributed by atoms with Crippen molar-refractivity contribution in [2.24, 2.45) is 0 Å². The summed E-state index contributed by atoms with van der Waals surface area (Å²) in [5, 5.41) is 9.08. The molecule has 1 aliphatic heterocycles. The zero-order valence-electron chi connectivity index (χ0n) is 11.2. The van der Waals surface area contributed by atoms with E-state index in [-0.39, 0.29) is 23.4 Å². The standard InChI is InChI=1S/C12H14N2O6S/c1-20-12(17)9-5-8(11(15)16)6-10(7-9)14-4-2-3-13-21(14,18)19/h5-7,13H,2-4H2,1H3,(H,15,16). The number of methoxy groups -OCH3 is 1. The molecule has 1 aliphatic rings. The molecule has 0 radical (unpaired) electrons. The van der Waals surface area contributed by atoms with Crippen LogP contribution in [0.3, 0.4) is 0 Å². The van der Waals surface area contributed by atoms with Crippen LogP contribution in [0, 0.1) is 0 Å². The molecule has 0 aromatic heterocycles. The summed E-state index contributed by atoms with van der Waals surface area (Å²) in [6, 6.07) is 3.64. The van der Waals surface area contributed by atoms with Crippen molar-refractivity contribution in [1.29, 1.82) is 0 Å². The number of nitrogens with one attached hydrogen (secondary N) is 1. The van der Waals surface area contributed by atoms with Crippen molar-refractivity contribution in [3.05, 3.63) is 29.3 Å². The number of benzene rings is 1. The van der Waals surface area contributed by atoms with Gasteiger partial charge >= 0.3 is 22.1 Å². The van der Waals surface area contributed by atoms with Gasteiger partial charge in [-0.1, -0.05) is 0 Å². The molecule has 1 aromatic carbocycles. The molecule has 1 saturated heterocycles. The van der Waals surface area contributed by atoms with E-state index in [0.717, 1.165) is 17.5 Å². The number of carbonyl (C=O) groups is 2. The molecular formula is C12H14N2O6S. The summed E-state index contributed by atoms with van der Waals surface area (Å²) in [7, 11) is -2.57. The van der Waals surface area contributed by atoms with Gasteiger partial charge in [0.05, 0.1) is 23.9 Å². The number of esters is 1. The number of aromatic carboxylic acids is 1. The molecule has 0 aliphatic carbocycles. The molecule has 0 unspecified atom stereocenters. The third kappa shape index (κ3) is 3.14. The van der Waals surface area contributed by atoms with E-state index in [2.05, 4.69) is 9.46 Å². The van der Waals surface area contributed by atoms with Gasteiger partial charge in [0, 0.05) is 13.1 Å². The largest absolute Gasteiger partial charge is 0.478 e. The van der Waals surface area contributed by atoms with Crippen molar-refractivity contribution in [1.82, 2.24) is 4.72 Å². The fraction of sp³-hybridized carbons (Fsp3) is 0.333. The molecule has 0 spiro atoms. The monoisotopic (exact) mass is 314 g/mol. The molecule has 2 rings (SSSR count). The van der Waals surface area contributed by atoms with E-state index in [9.17, 15) is 18.0 Å². The molecular weight excluding hydrogens is 300 g/mol. The van der Waals surface area contributed by atoms with Gasteiger partial charge in [-0.05, 0) is 24.6 Å². The number of anilines is 1. The molecule has 9 heteroatoms. The first-order valence-corrected chi connectivity index (χ1v) is 7.53. The minimum Gasteiger partial charge on any atom is -0.478 e. The lowest BCUT2D eigenvalue weighted by Crippen LogP contribution is -2.47. The lowest BCUT2D eigenvalue weighted by Gasteiger charge is -2.29. The van der Waals surface area contributed by atoms with Crippen LogP contribution >= 0.6 is 0 Å². The zero-order chi connectivity index (χ0) is 15.6. The molecule has 1 fully saturated rings. The molecule has 114 valence electrons. The Morgan fingerprint density at radius 2 is 1.95 bits per heavy atom. The Hall–Kier alpha value is -2.13. The Morgan fingerprint density at radius 3 is 2.52 bits per heavy atom. The van der Waals surface area contributed by atoms with E-state index in [4.69, 9.17) is 5.11 Å². The fourth-order valence-electron chi connectivity index (χ4n) is 2.00. The number of ether oxygens (including phenoxy) is 1. The minimum absolute atomic E-state index is 0.0202. The van der Waals surface area contributed by atoms with E-state index in [1.165, 1.54) is 12.1 Å². The summed E-state index contributed by atoms with van der Waals surface area (Å²) in [4.78, 5) is 22.7. The topological polar surface area (TPSA) is 113 Å². The van der Waals surface area contributed by atoms with Crippen molar-refractivity contribution in [2.75, 3.05) is 24.5 Å². The summed E-state index contributed by atoms with van der Waals surface area (Å²) in [5.74, 6) is -1.99. The van der Waals surface area contributed by atoms with Crippen molar-refractivity contribution in [3.8, 4) is 0 Å². The highest BCUT2D eigenvalue weighted by Gasteiger charge is 2.27. The molecule has 0 amide bonds. The number of carbonyl (C=O) groups excluding carboxylic acids is 1. The van der Waals surface area contributed by atoms with Crippen LogP contribution in [-0.2, 0) is 14.9 Å². The van der Waals surface area contributed by atoms with Crippen LogP contribution in [0.2, 0.25) is 0 Å². The van der Waals surface area contributed by atoms with Crippen LogP contribution in [0.25, 0.3) is 0 Å². The number of hydrogen-bond acceptors (Lipinski definition) is 5. The normalized spacial score (nSPS) is 17.3. The van der Waals surface area contributed by atoms with Gasteiger partial charge in [-0.25, -0.2) is 9.59 Å². The third-order valence-corrected chi connectivity index (χ3v) is 4.53. The molecule has 0 bridgehead atoms. The molecule has 2 N–H and O–H groups in total. The van der Waals surface area contributed by atoms with Crippen LogP contribution in [0.1, 0.15) is 27.1 Å². The van der Waals surface area contributed by atoms with E-state index in [0.29, 0.717) is 13.0 Å². The Kier molecular flexibility index (Phi) is 4.14. The van der Waals surface area contributed by atoms with Crippen LogP contribution in [0.15, 0.2) is 18.2 Å². The van der Waals surface area contributed by atoms with Crippen molar-refractivity contribution in [3.63, 3.8) is 0 Å². The van der Waals surface area contributed by atoms with E-state index in [1.807, 2.05) is 0 Å². The quantitative estimate of drug-likeness (QED) is 0.771. The molecule has 0 saturated carbocycles. The highest BCUT2D eigenvalue weighted by molar-refractivity contribution is 7.90. The van der Waals surface area contributed by atoms with Gasteiger partial charge < -0.3 is 9.84 Å². The molecule has 8 nitrogen and oxygen atoms in total. The Morgan fingerprint density at radius 1 is 1.29 bits per heavy atom. The van der Waals surface area contributed by atoms with Crippen molar-refractivity contribution in [2.45, 2.75) is 6.42 Å². The smallest absolute Gasteiger partial charge is 0.337 e. The number of nitrogens with zero attached hydrogens (tertiary/aromatic N) is 1. The summed E-state index contributed by atoms with van der Waals surface area (Å²) < 4.78 is 31.9. The number of carboxylic acids is 1. The lowest BCUT2D eigenvalue weighted by atomic mass is 10.1. The van der Waals surface area contributed by atoms with Gasteiger partial charge in [0.2, 0.25) is 0 Å². The van der Waals surface area contributed by atoms with Gasteiger partial charge in [-0.2, -0.15) is 13.1 Å². The number of rotatable bonds is 3. The highest BCUT2D eigenvalue weighted by atomic mass is 32.2. The average molecular weight is 314 g/mol. The van der Waals surface area contributed by atoms with Gasteiger partial charge in [0.1, 0.15) is 0 Å². The first-order valence-electron chi connectivity index (χ1n) is 6.09. The molecule has 1 heterocycles. The Bertz CT molecular complexity index is 685. The summed E-state index contributed by atoms with van der Waals surface area (Å²) in [6.07, 6.45) is 0.573. The van der Waals surface area contributed by atoms with Crippen LogP contribution < -0.4 is 9.03 Å². The lowest BCUT2D eigenvalue weighted by molar-refractivity contribution is 0.0600. The van der Waals surface area contributed by atoms with Gasteiger partial charge in [0.25, 0.3) is 0 Å². The first kappa shape index (κ1) is 15.3. The van der Waals surface area contributed by atoms with Crippen LogP contribution in [0.5, 0.6) is 0 Å². The van der Waals surface area contributed by atoms with Gasteiger partial charge in [-0.15, -0.1) is 0 Å². The SMILES string of the molecule is COC(=O)c1cc(C(=O)O)cc(N2CCCNS2(=O)=O)c1. The maximum absolute atomic E-state index is 12.0. The maximum atomic E-state index is 12.0. The maximum Gasteiger partial charge on any atom is 0.337 e. The third-order valence-electron chi connectivity index (χ3n) is 2.99. The fourth-order valence-corrected chi connectivity index (χ4v) is 3.31. The molecule has 1 aromatic rings. The predicted octanol–water partition coefficient (Wildman–Crippen LogP) is 0.216. The summed E-state index contributed by atoms with van der Waals surface area (Å²) >= 11 is 0. The van der Waals surface area contributed by atoms with Gasteiger partial charge in [-0.3, -0.25) is 4.31 Å². The zero-order valence-corrected chi connectivity index (χ0v) is 12.0. The van der Waals surface area contributed by atoms with Crippen LogP contribution in [0.4, 0.5) is 5.69 Å².